The van der Waals surface area contributed by atoms with Gasteiger partial charge in [0.15, 0.2) is 0 Å². The summed E-state index contributed by atoms with van der Waals surface area (Å²) >= 11 is 0. The van der Waals surface area contributed by atoms with Gasteiger partial charge in [0.05, 0.1) is 16.7 Å². The van der Waals surface area contributed by atoms with Crippen LogP contribution in [0, 0.1) is 0 Å². The summed E-state index contributed by atoms with van der Waals surface area (Å²) in [7, 11) is 0. The largest absolute Gasteiger partial charge is 0.478 e. The zero-order chi connectivity index (χ0) is 41.8. The Morgan fingerprint density at radius 1 is 0.263 bits per heavy atom. The van der Waals surface area contributed by atoms with Crippen LogP contribution in [-0.2, 0) is 19.3 Å². The second-order valence-corrected chi connectivity index (χ2v) is 17.4. The molecular formula is C51H90O6. The van der Waals surface area contributed by atoms with E-state index in [1.807, 2.05) is 0 Å². The summed E-state index contributed by atoms with van der Waals surface area (Å²) in [6, 6.07) is 0. The van der Waals surface area contributed by atoms with Crippen molar-refractivity contribution in [3.63, 3.8) is 0 Å². The fourth-order valence-corrected chi connectivity index (χ4v) is 8.87. The number of aromatic carboxylic acids is 3. The van der Waals surface area contributed by atoms with Crippen molar-refractivity contribution in [2.45, 2.75) is 271 Å². The molecule has 1 aromatic rings. The number of rotatable bonds is 42. The molecule has 0 amide bonds. The molecule has 1 aromatic carbocycles. The van der Waals surface area contributed by atoms with Crippen molar-refractivity contribution in [1.29, 1.82) is 0 Å². The quantitative estimate of drug-likeness (QED) is 0.0568. The third-order valence-corrected chi connectivity index (χ3v) is 12.3. The summed E-state index contributed by atoms with van der Waals surface area (Å²) in [6.45, 7) is 6.74. The van der Waals surface area contributed by atoms with Crippen LogP contribution in [0.4, 0.5) is 0 Å². The van der Waals surface area contributed by atoms with Crippen LogP contribution in [0.15, 0.2) is 0 Å². The van der Waals surface area contributed by atoms with Crippen LogP contribution >= 0.6 is 0 Å². The Bertz CT molecular complexity index is 1170. The van der Waals surface area contributed by atoms with Crippen LogP contribution in [0.25, 0.3) is 0 Å². The molecule has 330 valence electrons. The smallest absolute Gasteiger partial charge is 0.336 e. The second-order valence-electron chi connectivity index (χ2n) is 17.4. The summed E-state index contributed by atoms with van der Waals surface area (Å²) in [6.07, 6.45) is 43.7. The van der Waals surface area contributed by atoms with E-state index in [1.165, 1.54) is 154 Å². The number of unbranched alkanes of at least 4 members (excludes halogenated alkanes) is 33. The van der Waals surface area contributed by atoms with Gasteiger partial charge in [-0.2, -0.15) is 0 Å². The second kappa shape index (κ2) is 36.7. The van der Waals surface area contributed by atoms with E-state index >= 15 is 0 Å². The summed E-state index contributed by atoms with van der Waals surface area (Å²) in [5.74, 6) is -3.69. The lowest BCUT2D eigenvalue weighted by Gasteiger charge is -2.22. The monoisotopic (exact) mass is 799 g/mol. The van der Waals surface area contributed by atoms with Gasteiger partial charge in [-0.05, 0) is 55.2 Å². The third kappa shape index (κ3) is 25.0. The van der Waals surface area contributed by atoms with Gasteiger partial charge in [0.1, 0.15) is 0 Å². The molecule has 0 aliphatic rings. The van der Waals surface area contributed by atoms with Gasteiger partial charge in [-0.1, -0.05) is 233 Å². The Kier molecular flexibility index (Phi) is 33.9. The first-order valence-electron chi connectivity index (χ1n) is 24.7. The zero-order valence-electron chi connectivity index (χ0n) is 37.6. The molecule has 0 aromatic heterocycles. The lowest BCUT2D eigenvalue weighted by atomic mass is 9.80. The highest BCUT2D eigenvalue weighted by Gasteiger charge is 2.32. The van der Waals surface area contributed by atoms with E-state index < -0.39 is 17.9 Å². The number of benzene rings is 1. The molecule has 0 fully saturated rings. The van der Waals surface area contributed by atoms with Crippen molar-refractivity contribution in [2.24, 2.45) is 0 Å². The molecular weight excluding hydrogens is 709 g/mol. The fourth-order valence-electron chi connectivity index (χ4n) is 8.87. The van der Waals surface area contributed by atoms with Gasteiger partial charge >= 0.3 is 17.9 Å². The lowest BCUT2D eigenvalue weighted by Crippen LogP contribution is -2.22. The van der Waals surface area contributed by atoms with Gasteiger partial charge in [0.2, 0.25) is 0 Å². The first kappa shape index (κ1) is 52.6. The SMILES string of the molecule is CCCCCCCCCCCCCCc1c(CCCCCCCCCCCCCC)c(C(=O)O)c(C(=O)O)c(CCCCCCCCCCCCCC)c1C(=O)O. The highest BCUT2D eigenvalue weighted by Crippen LogP contribution is 2.34. The predicted octanol–water partition coefficient (Wildman–Crippen LogP) is 16.5. The average Bonchev–Trinajstić information content (AvgIpc) is 3.18. The van der Waals surface area contributed by atoms with Crippen LogP contribution in [0.3, 0.4) is 0 Å². The van der Waals surface area contributed by atoms with E-state index in [-0.39, 0.29) is 28.7 Å². The van der Waals surface area contributed by atoms with Gasteiger partial charge in [0, 0.05) is 0 Å². The van der Waals surface area contributed by atoms with E-state index in [2.05, 4.69) is 20.8 Å². The Balaban J connectivity index is 3.02. The molecule has 3 N–H and O–H groups in total. The van der Waals surface area contributed by atoms with Gasteiger partial charge in [-0.15, -0.1) is 0 Å². The number of carboxylic acids is 3. The van der Waals surface area contributed by atoms with Gasteiger partial charge in [-0.25, -0.2) is 14.4 Å². The minimum Gasteiger partial charge on any atom is -0.478 e. The van der Waals surface area contributed by atoms with Crippen molar-refractivity contribution in [1.82, 2.24) is 0 Å². The highest BCUT2D eigenvalue weighted by molar-refractivity contribution is 6.07. The molecule has 57 heavy (non-hydrogen) atoms. The van der Waals surface area contributed by atoms with Crippen LogP contribution in [0.1, 0.15) is 300 Å². The Labute approximate surface area is 351 Å². The first-order chi connectivity index (χ1) is 27.8. The number of hydrogen-bond donors (Lipinski definition) is 3. The van der Waals surface area contributed by atoms with E-state index in [9.17, 15) is 29.7 Å². The van der Waals surface area contributed by atoms with Gasteiger partial charge in [0.25, 0.3) is 0 Å². The molecule has 6 nitrogen and oxygen atoms in total. The first-order valence-corrected chi connectivity index (χ1v) is 24.7. The van der Waals surface area contributed by atoms with Crippen molar-refractivity contribution >= 4 is 17.9 Å². The molecule has 0 radical (unpaired) electrons. The van der Waals surface area contributed by atoms with Crippen molar-refractivity contribution in [3.05, 3.63) is 33.4 Å². The van der Waals surface area contributed by atoms with E-state index in [0.29, 0.717) is 30.4 Å². The van der Waals surface area contributed by atoms with Crippen LogP contribution in [0.5, 0.6) is 0 Å². The normalized spacial score (nSPS) is 11.4. The molecule has 1 rings (SSSR count). The Morgan fingerprint density at radius 2 is 0.439 bits per heavy atom. The zero-order valence-corrected chi connectivity index (χ0v) is 37.6. The van der Waals surface area contributed by atoms with E-state index in [1.54, 1.807) is 0 Å². The van der Waals surface area contributed by atoms with Crippen molar-refractivity contribution in [3.8, 4) is 0 Å². The highest BCUT2D eigenvalue weighted by atomic mass is 16.4. The number of carboxylic acid groups (broad SMARTS) is 3. The molecule has 0 aliphatic heterocycles. The predicted molar refractivity (Wildman–Crippen MR) is 242 cm³/mol. The number of hydrogen-bond acceptors (Lipinski definition) is 3. The third-order valence-electron chi connectivity index (χ3n) is 12.3. The summed E-state index contributed by atoms with van der Waals surface area (Å²) in [4.78, 5) is 39.0. The van der Waals surface area contributed by atoms with Gasteiger partial charge < -0.3 is 15.3 Å². The van der Waals surface area contributed by atoms with Crippen molar-refractivity contribution < 1.29 is 29.7 Å². The van der Waals surface area contributed by atoms with Crippen LogP contribution in [-0.4, -0.2) is 33.2 Å². The Morgan fingerprint density at radius 3 is 0.667 bits per heavy atom. The van der Waals surface area contributed by atoms with Crippen LogP contribution < -0.4 is 0 Å². The lowest BCUT2D eigenvalue weighted by molar-refractivity contribution is 0.0646. The minimum absolute atomic E-state index is 0.0810. The molecule has 0 aliphatic carbocycles. The maximum absolute atomic E-state index is 13.1. The summed E-state index contributed by atoms with van der Waals surface area (Å²) < 4.78 is 0. The molecule has 0 unspecified atom stereocenters. The van der Waals surface area contributed by atoms with Crippen LogP contribution in [0.2, 0.25) is 0 Å². The fraction of sp³-hybridized carbons (Fsp3) is 0.824. The number of carbonyl (C=O) groups is 3. The minimum atomic E-state index is -1.32. The molecule has 0 saturated heterocycles. The van der Waals surface area contributed by atoms with E-state index in [0.717, 1.165) is 70.6 Å². The maximum atomic E-state index is 13.1. The molecule has 0 saturated carbocycles. The molecule has 0 bridgehead atoms. The van der Waals surface area contributed by atoms with Crippen molar-refractivity contribution in [2.75, 3.05) is 0 Å². The average molecular weight is 799 g/mol. The topological polar surface area (TPSA) is 112 Å². The molecule has 0 atom stereocenters. The maximum Gasteiger partial charge on any atom is 0.336 e. The molecule has 0 heterocycles. The molecule has 0 spiro atoms. The standard InChI is InChI=1S/C51H90O6/c1-4-7-10-13-16-19-22-25-28-31-34-37-40-43-44(41-38-35-32-29-26-23-20-17-14-11-8-5-2)47(50(54)55)48(51(56)57)45(46(43)49(52)53)42-39-36-33-30-27-24-21-18-15-12-9-6-3/h4-42H2,1-3H3,(H,52,53)(H,54,55)(H,56,57). The Hall–Kier alpha value is -2.37. The van der Waals surface area contributed by atoms with Gasteiger partial charge in [-0.3, -0.25) is 0 Å². The van der Waals surface area contributed by atoms with E-state index in [4.69, 9.17) is 0 Å². The molecule has 6 heteroatoms. The summed E-state index contributed by atoms with van der Waals surface area (Å²) in [5.41, 5.74) is 0.929. The summed E-state index contributed by atoms with van der Waals surface area (Å²) in [5, 5.41) is 31.8.